The normalized spacial score (nSPS) is 14.0. The van der Waals surface area contributed by atoms with Gasteiger partial charge in [-0.2, -0.15) is 0 Å². The molecular formula is C18H20ClN5O3. The zero-order chi connectivity index (χ0) is 19.4. The molecule has 2 aromatic rings. The van der Waals surface area contributed by atoms with Gasteiger partial charge in [0.05, 0.1) is 12.1 Å². The second-order valence-electron chi connectivity index (χ2n) is 6.07. The van der Waals surface area contributed by atoms with Crippen LogP contribution in [-0.4, -0.2) is 60.2 Å². The number of ether oxygens (including phenoxy) is 1. The Morgan fingerprint density at radius 3 is 2.41 bits per heavy atom. The zero-order valence-corrected chi connectivity index (χ0v) is 15.9. The van der Waals surface area contributed by atoms with Gasteiger partial charge in [0.15, 0.2) is 11.5 Å². The van der Waals surface area contributed by atoms with E-state index >= 15 is 0 Å². The average molecular weight is 390 g/mol. The quantitative estimate of drug-likeness (QED) is 0.861. The van der Waals surface area contributed by atoms with Crippen molar-refractivity contribution in [2.45, 2.75) is 6.92 Å². The molecule has 1 fully saturated rings. The molecule has 2 heterocycles. The Morgan fingerprint density at radius 1 is 1.11 bits per heavy atom. The van der Waals surface area contributed by atoms with Crippen molar-refractivity contribution in [3.05, 3.63) is 41.0 Å². The lowest BCUT2D eigenvalue weighted by Crippen LogP contribution is -2.48. The molecule has 0 aliphatic carbocycles. The molecule has 142 valence electrons. The van der Waals surface area contributed by atoms with Crippen molar-refractivity contribution < 1.29 is 14.3 Å². The molecule has 0 spiro atoms. The van der Waals surface area contributed by atoms with Crippen molar-refractivity contribution in [3.63, 3.8) is 0 Å². The van der Waals surface area contributed by atoms with Crippen LogP contribution in [0.1, 0.15) is 17.4 Å². The van der Waals surface area contributed by atoms with E-state index in [0.717, 1.165) is 0 Å². The first-order chi connectivity index (χ1) is 13.0. The molecule has 9 heteroatoms. The molecule has 1 aliphatic heterocycles. The number of amides is 2. The summed E-state index contributed by atoms with van der Waals surface area (Å²) in [6, 6.07) is 8.35. The fourth-order valence-corrected chi connectivity index (χ4v) is 3.06. The number of carbonyl (C=O) groups is 2. The Bertz CT molecular complexity index is 835. The van der Waals surface area contributed by atoms with E-state index in [0.29, 0.717) is 48.5 Å². The maximum absolute atomic E-state index is 12.3. The number of carbonyl (C=O) groups excluding carboxylic acids is 2. The number of nitrogens with one attached hydrogen (secondary N) is 1. The first-order valence-electron chi connectivity index (χ1n) is 8.47. The van der Waals surface area contributed by atoms with Gasteiger partial charge in [0, 0.05) is 38.8 Å². The molecule has 2 amide bonds. The van der Waals surface area contributed by atoms with Crippen LogP contribution in [0.4, 0.5) is 11.5 Å². The molecule has 1 N–H and O–H groups in total. The van der Waals surface area contributed by atoms with E-state index in [-0.39, 0.29) is 17.5 Å². The summed E-state index contributed by atoms with van der Waals surface area (Å²) in [4.78, 5) is 27.6. The number of benzene rings is 1. The number of methoxy groups -OCH3 is 1. The highest BCUT2D eigenvalue weighted by Gasteiger charge is 2.20. The molecule has 0 unspecified atom stereocenters. The second kappa shape index (κ2) is 8.22. The largest absolute Gasteiger partial charge is 0.495 e. The zero-order valence-electron chi connectivity index (χ0n) is 15.1. The number of anilines is 2. The first-order valence-corrected chi connectivity index (χ1v) is 8.85. The molecule has 27 heavy (non-hydrogen) atoms. The summed E-state index contributed by atoms with van der Waals surface area (Å²) < 4.78 is 5.09. The van der Waals surface area contributed by atoms with Gasteiger partial charge in [-0.05, 0) is 30.3 Å². The summed E-state index contributed by atoms with van der Waals surface area (Å²) in [5.41, 5.74) is 0.741. The highest BCUT2D eigenvalue weighted by Crippen LogP contribution is 2.27. The molecule has 0 atom stereocenters. The fourth-order valence-electron chi connectivity index (χ4n) is 2.80. The Balaban J connectivity index is 1.62. The minimum absolute atomic E-state index is 0.0754. The number of hydrogen-bond acceptors (Lipinski definition) is 6. The summed E-state index contributed by atoms with van der Waals surface area (Å²) in [7, 11) is 1.52. The number of nitrogens with zero attached hydrogens (tertiary/aromatic N) is 4. The third-order valence-corrected chi connectivity index (χ3v) is 4.64. The lowest BCUT2D eigenvalue weighted by molar-refractivity contribution is -0.129. The molecule has 3 rings (SSSR count). The van der Waals surface area contributed by atoms with Crippen LogP contribution in [-0.2, 0) is 4.79 Å². The van der Waals surface area contributed by atoms with Crippen LogP contribution in [0.3, 0.4) is 0 Å². The smallest absolute Gasteiger partial charge is 0.276 e. The number of rotatable bonds is 4. The summed E-state index contributed by atoms with van der Waals surface area (Å²) in [5.74, 6) is 0.911. The number of hydrogen-bond donors (Lipinski definition) is 1. The van der Waals surface area contributed by atoms with Crippen molar-refractivity contribution in [1.29, 1.82) is 0 Å². The van der Waals surface area contributed by atoms with Gasteiger partial charge >= 0.3 is 0 Å². The predicted molar refractivity (Wildman–Crippen MR) is 102 cm³/mol. The minimum Gasteiger partial charge on any atom is -0.495 e. The Morgan fingerprint density at radius 2 is 1.85 bits per heavy atom. The topological polar surface area (TPSA) is 87.7 Å². The van der Waals surface area contributed by atoms with Crippen molar-refractivity contribution in [2.75, 3.05) is 43.5 Å². The molecule has 0 radical (unpaired) electrons. The van der Waals surface area contributed by atoms with E-state index in [1.807, 2.05) is 4.90 Å². The van der Waals surface area contributed by atoms with Crippen LogP contribution in [0.2, 0.25) is 5.02 Å². The molecular weight excluding hydrogens is 370 g/mol. The molecule has 1 aromatic carbocycles. The fraction of sp³-hybridized carbons (Fsp3) is 0.333. The third kappa shape index (κ3) is 4.46. The first kappa shape index (κ1) is 18.9. The lowest BCUT2D eigenvalue weighted by atomic mass is 10.2. The second-order valence-corrected chi connectivity index (χ2v) is 6.48. The van der Waals surface area contributed by atoms with Gasteiger partial charge in [-0.1, -0.05) is 11.6 Å². The monoisotopic (exact) mass is 389 g/mol. The van der Waals surface area contributed by atoms with Crippen LogP contribution >= 0.6 is 11.6 Å². The van der Waals surface area contributed by atoms with Gasteiger partial charge < -0.3 is 19.9 Å². The maximum atomic E-state index is 12.3. The molecule has 8 nitrogen and oxygen atoms in total. The van der Waals surface area contributed by atoms with Crippen LogP contribution < -0.4 is 15.0 Å². The SMILES string of the molecule is COc1ccc(NC(=O)c2ccc(N3CCN(C(C)=O)CC3)nn2)cc1Cl. The maximum Gasteiger partial charge on any atom is 0.276 e. The number of piperazine rings is 1. The Kier molecular flexibility index (Phi) is 5.75. The Hall–Kier alpha value is -2.87. The van der Waals surface area contributed by atoms with Gasteiger partial charge in [0.1, 0.15) is 5.75 Å². The standard InChI is InChI=1S/C18H20ClN5O3/c1-12(25)23-7-9-24(10-8-23)17-6-4-15(21-22-17)18(26)20-13-3-5-16(27-2)14(19)11-13/h3-6,11H,7-10H2,1-2H3,(H,20,26). The van der Waals surface area contributed by atoms with Crippen LogP contribution in [0.25, 0.3) is 0 Å². The average Bonchev–Trinajstić information content (AvgIpc) is 2.68. The van der Waals surface area contributed by atoms with Gasteiger partial charge in [0.25, 0.3) is 5.91 Å². The van der Waals surface area contributed by atoms with Gasteiger partial charge in [0.2, 0.25) is 5.91 Å². The highest BCUT2D eigenvalue weighted by atomic mass is 35.5. The van der Waals surface area contributed by atoms with E-state index < -0.39 is 0 Å². The van der Waals surface area contributed by atoms with Crippen molar-refractivity contribution in [3.8, 4) is 5.75 Å². The van der Waals surface area contributed by atoms with Crippen LogP contribution in [0.5, 0.6) is 5.75 Å². The van der Waals surface area contributed by atoms with Crippen molar-refractivity contribution >= 4 is 34.9 Å². The van der Waals surface area contributed by atoms with E-state index in [4.69, 9.17) is 16.3 Å². The summed E-state index contributed by atoms with van der Waals surface area (Å²) >= 11 is 6.06. The number of aromatic nitrogens is 2. The van der Waals surface area contributed by atoms with Gasteiger partial charge in [-0.15, -0.1) is 10.2 Å². The van der Waals surface area contributed by atoms with Crippen LogP contribution in [0, 0.1) is 0 Å². The summed E-state index contributed by atoms with van der Waals surface area (Å²) in [5, 5.41) is 11.3. The minimum atomic E-state index is -0.378. The van der Waals surface area contributed by atoms with E-state index in [1.54, 1.807) is 42.2 Å². The van der Waals surface area contributed by atoms with E-state index in [1.165, 1.54) is 7.11 Å². The predicted octanol–water partition coefficient (Wildman–Crippen LogP) is 2.06. The summed E-state index contributed by atoms with van der Waals surface area (Å²) in [6.07, 6.45) is 0. The summed E-state index contributed by atoms with van der Waals surface area (Å²) in [6.45, 7) is 4.24. The highest BCUT2D eigenvalue weighted by molar-refractivity contribution is 6.32. The molecule has 0 saturated carbocycles. The molecule has 1 saturated heterocycles. The van der Waals surface area contributed by atoms with Gasteiger partial charge in [-0.3, -0.25) is 9.59 Å². The van der Waals surface area contributed by atoms with Crippen molar-refractivity contribution in [2.24, 2.45) is 0 Å². The van der Waals surface area contributed by atoms with Crippen LogP contribution in [0.15, 0.2) is 30.3 Å². The van der Waals surface area contributed by atoms with E-state index in [9.17, 15) is 9.59 Å². The third-order valence-electron chi connectivity index (χ3n) is 4.34. The van der Waals surface area contributed by atoms with Crippen molar-refractivity contribution in [1.82, 2.24) is 15.1 Å². The Labute approximate surface area is 162 Å². The molecule has 1 aliphatic rings. The number of halogens is 1. The van der Waals surface area contributed by atoms with E-state index in [2.05, 4.69) is 15.5 Å². The molecule has 0 bridgehead atoms. The molecule has 1 aromatic heterocycles. The van der Waals surface area contributed by atoms with Gasteiger partial charge in [-0.25, -0.2) is 0 Å². The lowest BCUT2D eigenvalue weighted by Gasteiger charge is -2.34.